The van der Waals surface area contributed by atoms with E-state index in [0.717, 1.165) is 0 Å². The number of hydrogen-bond acceptors (Lipinski definition) is 6. The van der Waals surface area contributed by atoms with E-state index in [9.17, 15) is 8.78 Å². The Labute approximate surface area is 133 Å². The first-order valence-electron chi connectivity index (χ1n) is 6.36. The van der Waals surface area contributed by atoms with Gasteiger partial charge in [-0.15, -0.1) is 0 Å². The second-order valence-corrected chi connectivity index (χ2v) is 4.78. The van der Waals surface area contributed by atoms with Gasteiger partial charge in [0.2, 0.25) is 0 Å². The Morgan fingerprint density at radius 2 is 2.09 bits per heavy atom. The second-order valence-electron chi connectivity index (χ2n) is 4.37. The van der Waals surface area contributed by atoms with Gasteiger partial charge in [0, 0.05) is 0 Å². The minimum absolute atomic E-state index is 0.0134. The lowest BCUT2D eigenvalue weighted by Crippen LogP contribution is -2.03. The average molecular weight is 336 g/mol. The molecule has 0 unspecified atom stereocenters. The summed E-state index contributed by atoms with van der Waals surface area (Å²) in [4.78, 5) is 12.4. The van der Waals surface area contributed by atoms with Crippen molar-refractivity contribution in [2.45, 2.75) is 6.55 Å². The van der Waals surface area contributed by atoms with Crippen molar-refractivity contribution in [1.29, 1.82) is 5.26 Å². The van der Waals surface area contributed by atoms with Crippen molar-refractivity contribution in [3.63, 3.8) is 0 Å². The van der Waals surface area contributed by atoms with Gasteiger partial charge in [0.05, 0.1) is 29.2 Å². The summed E-state index contributed by atoms with van der Waals surface area (Å²) in [7, 11) is 0. The number of anilines is 1. The Morgan fingerprint density at radius 3 is 2.83 bits per heavy atom. The average Bonchev–Trinajstić information content (AvgIpc) is 2.97. The molecule has 0 fully saturated rings. The molecule has 1 N–H and O–H groups in total. The molecule has 0 aliphatic carbocycles. The molecule has 3 rings (SSSR count). The molecule has 3 heterocycles. The van der Waals surface area contributed by atoms with Gasteiger partial charge in [-0.05, 0) is 12.1 Å². The maximum Gasteiger partial charge on any atom is 0.335 e. The van der Waals surface area contributed by atoms with E-state index in [0.29, 0.717) is 26.9 Å². The number of pyridine rings is 1. The highest BCUT2D eigenvalue weighted by atomic mass is 35.5. The second kappa shape index (κ2) is 6.10. The van der Waals surface area contributed by atoms with Crippen molar-refractivity contribution < 1.29 is 8.78 Å². The SMILES string of the molecule is N#CCNc1nc(-c2cnc3c(cnn3C(F)F)n2)ccc1Cl. The minimum Gasteiger partial charge on any atom is -0.356 e. The first-order chi connectivity index (χ1) is 11.1. The monoisotopic (exact) mass is 335 g/mol. The van der Waals surface area contributed by atoms with E-state index in [2.05, 4.69) is 25.4 Å². The summed E-state index contributed by atoms with van der Waals surface area (Å²) in [5, 5.41) is 15.3. The number of nitrogens with one attached hydrogen (secondary N) is 1. The van der Waals surface area contributed by atoms with E-state index in [1.54, 1.807) is 12.1 Å². The number of fused-ring (bicyclic) bond motifs is 1. The van der Waals surface area contributed by atoms with Gasteiger partial charge < -0.3 is 5.32 Å². The topological polar surface area (TPSA) is 92.3 Å². The minimum atomic E-state index is -2.79. The van der Waals surface area contributed by atoms with E-state index in [1.165, 1.54) is 12.4 Å². The van der Waals surface area contributed by atoms with Crippen LogP contribution in [0.4, 0.5) is 14.6 Å². The van der Waals surface area contributed by atoms with Crippen molar-refractivity contribution in [3.8, 4) is 17.5 Å². The van der Waals surface area contributed by atoms with Gasteiger partial charge in [-0.25, -0.2) is 15.0 Å². The maximum atomic E-state index is 12.7. The molecular weight excluding hydrogens is 328 g/mol. The van der Waals surface area contributed by atoms with Crippen LogP contribution >= 0.6 is 11.6 Å². The summed E-state index contributed by atoms with van der Waals surface area (Å²) >= 11 is 5.99. The third kappa shape index (κ3) is 2.89. The predicted molar refractivity (Wildman–Crippen MR) is 78.9 cm³/mol. The molecule has 10 heteroatoms. The number of rotatable bonds is 4. The number of nitrogens with zero attached hydrogens (tertiary/aromatic N) is 6. The highest BCUT2D eigenvalue weighted by Crippen LogP contribution is 2.25. The predicted octanol–water partition coefficient (Wildman–Crippen LogP) is 2.87. The van der Waals surface area contributed by atoms with E-state index in [-0.39, 0.29) is 17.7 Å². The molecule has 0 aliphatic heterocycles. The third-order valence-electron chi connectivity index (χ3n) is 2.93. The molecule has 0 aliphatic rings. The fourth-order valence-electron chi connectivity index (χ4n) is 1.93. The Bertz CT molecular complexity index is 903. The smallest absolute Gasteiger partial charge is 0.335 e. The fourth-order valence-corrected chi connectivity index (χ4v) is 2.10. The number of hydrogen-bond donors (Lipinski definition) is 1. The van der Waals surface area contributed by atoms with E-state index >= 15 is 0 Å². The van der Waals surface area contributed by atoms with Crippen LogP contribution in [-0.2, 0) is 0 Å². The Kier molecular flexibility index (Phi) is 3.99. The van der Waals surface area contributed by atoms with E-state index in [1.807, 2.05) is 6.07 Å². The molecule has 0 atom stereocenters. The van der Waals surface area contributed by atoms with E-state index in [4.69, 9.17) is 16.9 Å². The van der Waals surface area contributed by atoms with Crippen molar-refractivity contribution in [2.24, 2.45) is 0 Å². The largest absolute Gasteiger partial charge is 0.356 e. The van der Waals surface area contributed by atoms with Crippen LogP contribution in [0.2, 0.25) is 5.02 Å². The zero-order valence-electron chi connectivity index (χ0n) is 11.4. The summed E-state index contributed by atoms with van der Waals surface area (Å²) in [6, 6.07) is 5.13. The van der Waals surface area contributed by atoms with Crippen LogP contribution in [0.15, 0.2) is 24.5 Å². The van der Waals surface area contributed by atoms with Gasteiger partial charge in [-0.1, -0.05) is 11.6 Å². The molecule has 0 bridgehead atoms. The van der Waals surface area contributed by atoms with Gasteiger partial charge in [0.25, 0.3) is 0 Å². The summed E-state index contributed by atoms with van der Waals surface area (Å²) in [5.41, 5.74) is 1.03. The van der Waals surface area contributed by atoms with Gasteiger partial charge in [-0.2, -0.15) is 23.8 Å². The first kappa shape index (κ1) is 15.1. The zero-order valence-corrected chi connectivity index (χ0v) is 12.2. The molecule has 23 heavy (non-hydrogen) atoms. The van der Waals surface area contributed by atoms with Crippen LogP contribution in [0.25, 0.3) is 22.6 Å². The molecule has 3 aromatic rings. The Balaban J connectivity index is 2.02. The zero-order chi connectivity index (χ0) is 16.4. The molecule has 0 saturated heterocycles. The highest BCUT2D eigenvalue weighted by molar-refractivity contribution is 6.33. The number of aromatic nitrogens is 5. The third-order valence-corrected chi connectivity index (χ3v) is 3.23. The molecule has 0 radical (unpaired) electrons. The molecule has 0 amide bonds. The Hall–Kier alpha value is -2.86. The summed E-state index contributed by atoms with van der Waals surface area (Å²) in [6.45, 7) is -2.75. The molecule has 0 aromatic carbocycles. The lowest BCUT2D eigenvalue weighted by molar-refractivity contribution is 0.0608. The Morgan fingerprint density at radius 1 is 1.26 bits per heavy atom. The number of alkyl halides is 2. The summed E-state index contributed by atoms with van der Waals surface area (Å²) < 4.78 is 26.0. The van der Waals surface area contributed by atoms with Crippen LogP contribution in [0.1, 0.15) is 6.55 Å². The van der Waals surface area contributed by atoms with Gasteiger partial charge >= 0.3 is 6.55 Å². The molecular formula is C13H8ClF2N7. The van der Waals surface area contributed by atoms with E-state index < -0.39 is 6.55 Å². The summed E-state index contributed by atoms with van der Waals surface area (Å²) in [6.07, 6.45) is 2.54. The van der Waals surface area contributed by atoms with Crippen LogP contribution in [0, 0.1) is 11.3 Å². The van der Waals surface area contributed by atoms with Crippen molar-refractivity contribution in [3.05, 3.63) is 29.5 Å². The van der Waals surface area contributed by atoms with Crippen molar-refractivity contribution in [2.75, 3.05) is 11.9 Å². The molecule has 0 saturated carbocycles. The standard InChI is InChI=1S/C13H8ClF2N7/c14-7-1-2-8(22-11(7)18-4-3-17)9-5-19-12-10(21-9)6-20-23(12)13(15)16/h1-2,5-6,13H,4H2,(H,18,22). The molecule has 3 aromatic heterocycles. The lowest BCUT2D eigenvalue weighted by Gasteiger charge is -2.07. The van der Waals surface area contributed by atoms with Crippen LogP contribution in [0.3, 0.4) is 0 Å². The quantitative estimate of drug-likeness (QED) is 0.737. The van der Waals surface area contributed by atoms with Crippen molar-refractivity contribution >= 4 is 28.6 Å². The molecule has 7 nitrogen and oxygen atoms in total. The first-order valence-corrected chi connectivity index (χ1v) is 6.74. The summed E-state index contributed by atoms with van der Waals surface area (Å²) in [5.74, 6) is 0.330. The molecule has 116 valence electrons. The maximum absolute atomic E-state index is 12.7. The van der Waals surface area contributed by atoms with Gasteiger partial charge in [0.1, 0.15) is 23.6 Å². The van der Waals surface area contributed by atoms with Crippen LogP contribution < -0.4 is 5.32 Å². The highest BCUT2D eigenvalue weighted by Gasteiger charge is 2.15. The normalized spacial score (nSPS) is 10.9. The van der Waals surface area contributed by atoms with Crippen LogP contribution in [0.5, 0.6) is 0 Å². The molecule has 0 spiro atoms. The van der Waals surface area contributed by atoms with Gasteiger partial charge in [-0.3, -0.25) is 0 Å². The van der Waals surface area contributed by atoms with Gasteiger partial charge in [0.15, 0.2) is 5.65 Å². The lowest BCUT2D eigenvalue weighted by atomic mass is 10.2. The number of halogens is 3. The number of nitriles is 1. The van der Waals surface area contributed by atoms with Crippen molar-refractivity contribution in [1.82, 2.24) is 24.7 Å². The van der Waals surface area contributed by atoms with Crippen LogP contribution in [-0.4, -0.2) is 31.3 Å². The fraction of sp³-hybridized carbons (Fsp3) is 0.154.